The van der Waals surface area contributed by atoms with Gasteiger partial charge in [0.2, 0.25) is 0 Å². The minimum Gasteiger partial charge on any atom is -0.506 e. The van der Waals surface area contributed by atoms with Crippen molar-refractivity contribution in [3.63, 3.8) is 0 Å². The predicted molar refractivity (Wildman–Crippen MR) is 88.4 cm³/mol. The molecule has 1 aromatic rings. The Balaban J connectivity index is 1.75. The molecule has 4 unspecified atom stereocenters. The van der Waals surface area contributed by atoms with E-state index in [1.165, 1.54) is 5.57 Å². The van der Waals surface area contributed by atoms with E-state index in [0.717, 1.165) is 18.4 Å². The highest BCUT2D eigenvalue weighted by molar-refractivity contribution is 6.32. The molecule has 0 amide bonds. The van der Waals surface area contributed by atoms with Crippen molar-refractivity contribution in [1.82, 2.24) is 0 Å². The Kier molecular flexibility index (Phi) is 3.17. The van der Waals surface area contributed by atoms with E-state index in [2.05, 4.69) is 6.08 Å². The van der Waals surface area contributed by atoms with Gasteiger partial charge in [-0.2, -0.15) is 0 Å². The lowest BCUT2D eigenvalue weighted by atomic mass is 9.45. The lowest BCUT2D eigenvalue weighted by Crippen LogP contribution is -2.56. The van der Waals surface area contributed by atoms with Gasteiger partial charge < -0.3 is 9.84 Å². The minimum absolute atomic E-state index is 0.000899. The van der Waals surface area contributed by atoms with Gasteiger partial charge in [0.15, 0.2) is 0 Å². The second-order valence-electron chi connectivity index (χ2n) is 7.52. The Morgan fingerprint density at radius 2 is 1.92 bits per heavy atom. The van der Waals surface area contributed by atoms with Crippen molar-refractivity contribution < 1.29 is 19.4 Å². The number of halogens is 1. The summed E-state index contributed by atoms with van der Waals surface area (Å²) in [5.74, 6) is -0.691. The standard InChI is InChI=1S/C19H19ClO4/c1-18-12-4-5-13(19(18,2)17(23)24-16(18)22)11(9-12)7-10-3-6-15(21)14(20)8-10/h3,6,8-9,12-13,21H,4-5,7H2,1-2H3. The van der Waals surface area contributed by atoms with Gasteiger partial charge in [-0.1, -0.05) is 29.3 Å². The number of aromatic hydroxyl groups is 1. The lowest BCUT2D eigenvalue weighted by Gasteiger charge is -2.53. The highest BCUT2D eigenvalue weighted by Gasteiger charge is 2.72. The van der Waals surface area contributed by atoms with E-state index in [0.29, 0.717) is 11.4 Å². The van der Waals surface area contributed by atoms with Gasteiger partial charge in [-0.05, 0) is 62.6 Å². The Morgan fingerprint density at radius 1 is 1.21 bits per heavy atom. The van der Waals surface area contributed by atoms with Crippen molar-refractivity contribution in [2.45, 2.75) is 33.1 Å². The van der Waals surface area contributed by atoms with Crippen LogP contribution >= 0.6 is 11.6 Å². The summed E-state index contributed by atoms with van der Waals surface area (Å²) in [6.45, 7) is 3.76. The molecule has 0 spiro atoms. The molecule has 126 valence electrons. The van der Waals surface area contributed by atoms with Gasteiger partial charge in [0.25, 0.3) is 0 Å². The van der Waals surface area contributed by atoms with E-state index in [1.807, 2.05) is 19.9 Å². The van der Waals surface area contributed by atoms with Crippen molar-refractivity contribution in [3.05, 3.63) is 40.4 Å². The fourth-order valence-corrected chi connectivity index (χ4v) is 5.15. The third-order valence-electron chi connectivity index (χ3n) is 6.60. The van der Waals surface area contributed by atoms with Gasteiger partial charge in [-0.15, -0.1) is 0 Å². The molecule has 0 radical (unpaired) electrons. The summed E-state index contributed by atoms with van der Waals surface area (Å²) in [5.41, 5.74) is 0.597. The molecule has 5 heteroatoms. The molecule has 4 aliphatic rings. The van der Waals surface area contributed by atoms with E-state index in [4.69, 9.17) is 16.3 Å². The number of carbonyl (C=O) groups excluding carboxylic acids is 2. The van der Waals surface area contributed by atoms with Crippen molar-refractivity contribution >= 4 is 23.5 Å². The van der Waals surface area contributed by atoms with Crippen molar-refractivity contribution in [3.8, 4) is 5.75 Å². The first-order valence-corrected chi connectivity index (χ1v) is 8.61. The maximum Gasteiger partial charge on any atom is 0.321 e. The highest BCUT2D eigenvalue weighted by atomic mass is 35.5. The van der Waals surface area contributed by atoms with Crippen LogP contribution in [-0.4, -0.2) is 17.0 Å². The molecule has 1 aliphatic heterocycles. The van der Waals surface area contributed by atoms with Crippen LogP contribution in [-0.2, 0) is 20.7 Å². The second kappa shape index (κ2) is 4.85. The van der Waals surface area contributed by atoms with E-state index < -0.39 is 10.8 Å². The van der Waals surface area contributed by atoms with Crippen LogP contribution in [0.4, 0.5) is 0 Å². The lowest BCUT2D eigenvalue weighted by molar-refractivity contribution is -0.156. The molecular formula is C19H19ClO4. The first-order chi connectivity index (χ1) is 11.3. The maximum atomic E-state index is 12.5. The number of fused-ring (bicyclic) bond motifs is 1. The number of ether oxygens (including phenoxy) is 1. The van der Waals surface area contributed by atoms with Crippen LogP contribution in [0.15, 0.2) is 29.8 Å². The SMILES string of the molecule is CC12C(=O)OC(=O)C1(C)C1CCC2C=C1Cc1ccc(O)c(Cl)c1. The van der Waals surface area contributed by atoms with Gasteiger partial charge >= 0.3 is 11.9 Å². The first-order valence-electron chi connectivity index (χ1n) is 8.23. The Labute approximate surface area is 145 Å². The van der Waals surface area contributed by atoms with E-state index >= 15 is 0 Å². The van der Waals surface area contributed by atoms with Gasteiger partial charge in [0.05, 0.1) is 15.9 Å². The number of esters is 2. The quantitative estimate of drug-likeness (QED) is 0.504. The molecule has 2 fully saturated rings. The average Bonchev–Trinajstić information content (AvgIpc) is 2.73. The molecule has 3 aliphatic carbocycles. The Bertz CT molecular complexity index is 799. The van der Waals surface area contributed by atoms with Crippen LogP contribution < -0.4 is 0 Å². The molecule has 1 saturated carbocycles. The number of allylic oxidation sites excluding steroid dienone is 2. The number of phenolic OH excluding ortho intramolecular Hbond substituents is 1. The zero-order valence-electron chi connectivity index (χ0n) is 13.6. The third kappa shape index (κ3) is 1.75. The smallest absolute Gasteiger partial charge is 0.321 e. The van der Waals surface area contributed by atoms with Crippen molar-refractivity contribution in [2.75, 3.05) is 0 Å². The molecule has 2 bridgehead atoms. The van der Waals surface area contributed by atoms with Gasteiger partial charge in [0, 0.05) is 0 Å². The minimum atomic E-state index is -0.794. The number of hydrogen-bond donors (Lipinski definition) is 1. The topological polar surface area (TPSA) is 63.6 Å². The number of cyclic esters (lactones) is 2. The molecule has 1 aromatic carbocycles. The van der Waals surface area contributed by atoms with Crippen LogP contribution in [0.2, 0.25) is 5.02 Å². The third-order valence-corrected chi connectivity index (χ3v) is 6.90. The molecule has 0 aromatic heterocycles. The molecule has 1 N–H and O–H groups in total. The fourth-order valence-electron chi connectivity index (χ4n) is 4.94. The van der Waals surface area contributed by atoms with Gasteiger partial charge in [0.1, 0.15) is 5.75 Å². The Morgan fingerprint density at radius 3 is 2.62 bits per heavy atom. The monoisotopic (exact) mass is 346 g/mol. The highest BCUT2D eigenvalue weighted by Crippen LogP contribution is 2.66. The van der Waals surface area contributed by atoms with Crippen LogP contribution in [0.1, 0.15) is 32.3 Å². The van der Waals surface area contributed by atoms with Crippen LogP contribution in [0.25, 0.3) is 0 Å². The first kappa shape index (κ1) is 15.7. The van der Waals surface area contributed by atoms with Crippen LogP contribution in [0.5, 0.6) is 5.75 Å². The Hall–Kier alpha value is -1.81. The fraction of sp³-hybridized carbons (Fsp3) is 0.474. The summed E-state index contributed by atoms with van der Waals surface area (Å²) in [4.78, 5) is 24.9. The van der Waals surface area contributed by atoms with Gasteiger partial charge in [-0.3, -0.25) is 9.59 Å². The van der Waals surface area contributed by atoms with Crippen molar-refractivity contribution in [2.24, 2.45) is 22.7 Å². The van der Waals surface area contributed by atoms with E-state index in [-0.39, 0.29) is 29.5 Å². The van der Waals surface area contributed by atoms with Crippen LogP contribution in [0, 0.1) is 22.7 Å². The number of carbonyl (C=O) groups is 2. The van der Waals surface area contributed by atoms with Crippen molar-refractivity contribution in [1.29, 1.82) is 0 Å². The van der Waals surface area contributed by atoms with Crippen LogP contribution in [0.3, 0.4) is 0 Å². The average molecular weight is 347 g/mol. The zero-order chi connectivity index (χ0) is 17.3. The summed E-state index contributed by atoms with van der Waals surface area (Å²) in [6.07, 6.45) is 4.61. The number of rotatable bonds is 2. The summed E-state index contributed by atoms with van der Waals surface area (Å²) in [6, 6.07) is 5.17. The number of benzene rings is 1. The summed E-state index contributed by atoms with van der Waals surface area (Å²) < 4.78 is 5.06. The molecule has 24 heavy (non-hydrogen) atoms. The second-order valence-corrected chi connectivity index (χ2v) is 7.93. The normalized spacial score (nSPS) is 37.2. The predicted octanol–water partition coefficient (Wildman–Crippen LogP) is 3.65. The van der Waals surface area contributed by atoms with Gasteiger partial charge in [-0.25, -0.2) is 0 Å². The summed E-state index contributed by atoms with van der Waals surface area (Å²) in [7, 11) is 0. The molecule has 4 nitrogen and oxygen atoms in total. The van der Waals surface area contributed by atoms with E-state index in [9.17, 15) is 14.7 Å². The molecular weight excluding hydrogens is 328 g/mol. The number of hydrogen-bond acceptors (Lipinski definition) is 4. The number of phenols is 1. The maximum absolute atomic E-state index is 12.5. The summed E-state index contributed by atoms with van der Waals surface area (Å²) >= 11 is 6.00. The zero-order valence-corrected chi connectivity index (χ0v) is 14.4. The summed E-state index contributed by atoms with van der Waals surface area (Å²) in [5, 5.41) is 9.89. The molecule has 5 rings (SSSR count). The molecule has 4 atom stereocenters. The molecule has 1 heterocycles. The largest absolute Gasteiger partial charge is 0.506 e. The molecule has 1 saturated heterocycles. The van der Waals surface area contributed by atoms with E-state index in [1.54, 1.807) is 12.1 Å².